The lowest BCUT2D eigenvalue weighted by atomic mass is 10.1. The lowest BCUT2D eigenvalue weighted by Crippen LogP contribution is -2.43. The number of aromatic amines is 1. The number of amides is 4. The van der Waals surface area contributed by atoms with Gasteiger partial charge in [-0.1, -0.05) is 18.2 Å². The van der Waals surface area contributed by atoms with Crippen molar-refractivity contribution in [3.05, 3.63) is 36.0 Å². The Morgan fingerprint density at radius 3 is 2.64 bits per heavy atom. The van der Waals surface area contributed by atoms with Gasteiger partial charge in [0.25, 0.3) is 5.91 Å². The van der Waals surface area contributed by atoms with Crippen molar-refractivity contribution in [3.8, 4) is 0 Å². The number of H-pyrrole nitrogens is 1. The number of urea groups is 1. The third kappa shape index (κ3) is 3.22. The van der Waals surface area contributed by atoms with Crippen molar-refractivity contribution in [2.75, 3.05) is 19.6 Å². The molecule has 25 heavy (non-hydrogen) atoms. The van der Waals surface area contributed by atoms with Crippen LogP contribution < -0.4 is 5.32 Å². The maximum atomic E-state index is 12.6. The minimum absolute atomic E-state index is 0.212. The molecule has 0 unspecified atom stereocenters. The zero-order valence-corrected chi connectivity index (χ0v) is 14.4. The molecule has 0 spiro atoms. The van der Waals surface area contributed by atoms with Crippen LogP contribution in [0.4, 0.5) is 4.79 Å². The van der Waals surface area contributed by atoms with E-state index in [4.69, 9.17) is 0 Å². The van der Waals surface area contributed by atoms with Gasteiger partial charge in [-0.25, -0.2) is 4.79 Å². The van der Waals surface area contributed by atoms with Crippen LogP contribution in [0.25, 0.3) is 10.9 Å². The lowest BCUT2D eigenvalue weighted by molar-refractivity contribution is -0.137. The average Bonchev–Trinajstić information content (AvgIpc) is 3.13. The molecule has 0 bridgehead atoms. The Kier molecular flexibility index (Phi) is 4.74. The van der Waals surface area contributed by atoms with Crippen molar-refractivity contribution in [1.82, 2.24) is 20.1 Å². The van der Waals surface area contributed by atoms with E-state index in [1.165, 1.54) is 0 Å². The van der Waals surface area contributed by atoms with E-state index >= 15 is 0 Å². The number of carbonyl (C=O) groups excluding carboxylic acids is 3. The molecule has 1 aromatic carbocycles. The number of likely N-dealkylation sites (N-methyl/N-ethyl adjacent to an activating group) is 1. The predicted octanol–water partition coefficient (Wildman–Crippen LogP) is 1.50. The molecule has 2 heterocycles. The van der Waals surface area contributed by atoms with E-state index in [0.717, 1.165) is 21.4 Å². The molecule has 1 aliphatic heterocycles. The van der Waals surface area contributed by atoms with Crippen LogP contribution in [0.2, 0.25) is 0 Å². The van der Waals surface area contributed by atoms with Gasteiger partial charge in [-0.3, -0.25) is 14.5 Å². The molecule has 2 aromatic rings. The van der Waals surface area contributed by atoms with Crippen LogP contribution in [-0.4, -0.2) is 58.3 Å². The van der Waals surface area contributed by atoms with Crippen LogP contribution in [0.15, 0.2) is 30.5 Å². The Bertz CT molecular complexity index is 810. The summed E-state index contributed by atoms with van der Waals surface area (Å²) in [6.45, 7) is 4.63. The average molecular weight is 342 g/mol. The number of rotatable bonds is 6. The number of aromatic nitrogens is 1. The number of nitrogens with one attached hydrogen (secondary N) is 2. The molecule has 1 saturated heterocycles. The maximum Gasteiger partial charge on any atom is 0.325 e. The van der Waals surface area contributed by atoms with Gasteiger partial charge in [-0.2, -0.15) is 0 Å². The quantitative estimate of drug-likeness (QED) is 0.780. The highest BCUT2D eigenvalue weighted by Crippen LogP contribution is 2.21. The molecule has 1 aliphatic rings. The third-order valence-corrected chi connectivity index (χ3v) is 4.62. The van der Waals surface area contributed by atoms with Gasteiger partial charge < -0.3 is 15.2 Å². The van der Waals surface area contributed by atoms with Crippen molar-refractivity contribution in [1.29, 1.82) is 0 Å². The second kappa shape index (κ2) is 6.96. The second-order valence-electron chi connectivity index (χ2n) is 6.06. The first kappa shape index (κ1) is 17.0. The Morgan fingerprint density at radius 1 is 1.20 bits per heavy atom. The fraction of sp³-hybridized carbons (Fsp3) is 0.389. The zero-order chi connectivity index (χ0) is 18.0. The van der Waals surface area contributed by atoms with Crippen LogP contribution in [0.5, 0.6) is 0 Å². The summed E-state index contributed by atoms with van der Waals surface area (Å²) in [6.07, 6.45) is 2.25. The molecule has 7 nitrogen and oxygen atoms in total. The second-order valence-corrected chi connectivity index (χ2v) is 6.06. The van der Waals surface area contributed by atoms with Gasteiger partial charge in [-0.15, -0.1) is 0 Å². The predicted molar refractivity (Wildman–Crippen MR) is 94.0 cm³/mol. The topological polar surface area (TPSA) is 85.5 Å². The van der Waals surface area contributed by atoms with Crippen LogP contribution in [0.1, 0.15) is 19.4 Å². The van der Waals surface area contributed by atoms with E-state index in [-0.39, 0.29) is 18.4 Å². The number of carbonyl (C=O) groups is 3. The highest BCUT2D eigenvalue weighted by Gasteiger charge is 2.39. The summed E-state index contributed by atoms with van der Waals surface area (Å²) in [5, 5.41) is 3.72. The summed E-state index contributed by atoms with van der Waals surface area (Å²) < 4.78 is 0. The van der Waals surface area contributed by atoms with Crippen molar-refractivity contribution in [2.45, 2.75) is 26.3 Å². The molecule has 132 valence electrons. The van der Waals surface area contributed by atoms with Gasteiger partial charge in [0.1, 0.15) is 12.6 Å². The molecule has 3 rings (SSSR count). The highest BCUT2D eigenvalue weighted by molar-refractivity contribution is 6.06. The van der Waals surface area contributed by atoms with Crippen molar-refractivity contribution < 1.29 is 14.4 Å². The standard InChI is InChI=1S/C18H22N4O3/c1-3-21(4-2)16(23)11-22-17(24)15(20-18(22)25)9-12-10-19-14-8-6-5-7-13(12)14/h5-8,10,15,19H,3-4,9,11H2,1-2H3,(H,20,25)/t15-/m0/s1. The minimum atomic E-state index is -0.642. The third-order valence-electron chi connectivity index (χ3n) is 4.62. The van der Waals surface area contributed by atoms with E-state index in [2.05, 4.69) is 10.3 Å². The molecule has 1 atom stereocenters. The van der Waals surface area contributed by atoms with Crippen molar-refractivity contribution in [3.63, 3.8) is 0 Å². The molecule has 0 aliphatic carbocycles. The fourth-order valence-electron chi connectivity index (χ4n) is 3.20. The molecule has 1 fully saturated rings. The van der Waals surface area contributed by atoms with Crippen LogP contribution in [-0.2, 0) is 16.0 Å². The Morgan fingerprint density at radius 2 is 1.92 bits per heavy atom. The summed E-state index contributed by atoms with van der Waals surface area (Å²) in [6, 6.07) is 6.66. The van der Waals surface area contributed by atoms with E-state index in [0.29, 0.717) is 19.5 Å². The van der Waals surface area contributed by atoms with Gasteiger partial charge in [0, 0.05) is 36.6 Å². The van der Waals surface area contributed by atoms with Gasteiger partial charge in [0.2, 0.25) is 5.91 Å². The summed E-state index contributed by atoms with van der Waals surface area (Å²) >= 11 is 0. The summed E-state index contributed by atoms with van der Waals surface area (Å²) in [5.41, 5.74) is 1.95. The van der Waals surface area contributed by atoms with Crippen molar-refractivity contribution in [2.24, 2.45) is 0 Å². The van der Waals surface area contributed by atoms with Gasteiger partial charge in [-0.05, 0) is 25.5 Å². The number of hydrogen-bond donors (Lipinski definition) is 2. The SMILES string of the molecule is CCN(CC)C(=O)CN1C(=O)N[C@@H](Cc2c[nH]c3ccccc23)C1=O. The lowest BCUT2D eigenvalue weighted by Gasteiger charge is -2.21. The fourth-order valence-corrected chi connectivity index (χ4v) is 3.20. The van der Waals surface area contributed by atoms with Gasteiger partial charge >= 0.3 is 6.03 Å². The number of hydrogen-bond acceptors (Lipinski definition) is 3. The summed E-state index contributed by atoms with van der Waals surface area (Å²) in [5.74, 6) is -0.572. The molecule has 0 saturated carbocycles. The number of imide groups is 1. The van der Waals surface area contributed by atoms with E-state index < -0.39 is 12.1 Å². The number of benzene rings is 1. The van der Waals surface area contributed by atoms with Gasteiger partial charge in [0.15, 0.2) is 0 Å². The highest BCUT2D eigenvalue weighted by atomic mass is 16.2. The van der Waals surface area contributed by atoms with Gasteiger partial charge in [0.05, 0.1) is 0 Å². The Labute approximate surface area is 146 Å². The number of nitrogens with zero attached hydrogens (tertiary/aromatic N) is 2. The maximum absolute atomic E-state index is 12.6. The monoisotopic (exact) mass is 342 g/mol. The van der Waals surface area contributed by atoms with E-state index in [1.54, 1.807) is 4.90 Å². The minimum Gasteiger partial charge on any atom is -0.361 e. The molecule has 1 aromatic heterocycles. The van der Waals surface area contributed by atoms with E-state index in [1.807, 2.05) is 44.3 Å². The summed E-state index contributed by atoms with van der Waals surface area (Å²) in [4.78, 5) is 42.7. The molecule has 7 heteroatoms. The number of fused-ring (bicyclic) bond motifs is 1. The van der Waals surface area contributed by atoms with Crippen LogP contribution >= 0.6 is 0 Å². The zero-order valence-electron chi connectivity index (χ0n) is 14.4. The molecular formula is C18H22N4O3. The van der Waals surface area contributed by atoms with Crippen molar-refractivity contribution >= 4 is 28.7 Å². The Hall–Kier alpha value is -2.83. The normalized spacial score (nSPS) is 17.2. The Balaban J connectivity index is 1.72. The molecule has 4 amide bonds. The largest absolute Gasteiger partial charge is 0.361 e. The summed E-state index contributed by atoms with van der Waals surface area (Å²) in [7, 11) is 0. The smallest absolute Gasteiger partial charge is 0.325 e. The molecule has 0 radical (unpaired) electrons. The van der Waals surface area contributed by atoms with Crippen LogP contribution in [0, 0.1) is 0 Å². The first-order chi connectivity index (χ1) is 12.0. The first-order valence-electron chi connectivity index (χ1n) is 8.49. The van der Waals surface area contributed by atoms with E-state index in [9.17, 15) is 14.4 Å². The molecule has 2 N–H and O–H groups in total. The number of para-hydroxylation sites is 1. The molecular weight excluding hydrogens is 320 g/mol. The first-order valence-corrected chi connectivity index (χ1v) is 8.49. The van der Waals surface area contributed by atoms with Crippen LogP contribution in [0.3, 0.4) is 0 Å².